The minimum atomic E-state index is -1.14. The van der Waals surface area contributed by atoms with Crippen LogP contribution in [0.3, 0.4) is 0 Å². The molecule has 2 aromatic rings. The molecule has 0 aromatic heterocycles. The smallest absolute Gasteiger partial charge is 0.326 e. The van der Waals surface area contributed by atoms with E-state index in [1.54, 1.807) is 43.3 Å². The molecule has 0 fully saturated rings. The van der Waals surface area contributed by atoms with E-state index in [1.807, 2.05) is 0 Å². The average Bonchev–Trinajstić information content (AvgIpc) is 2.95. The third kappa shape index (κ3) is 2.23. The number of ether oxygens (including phenoxy) is 1. The Morgan fingerprint density at radius 1 is 1.00 bits per heavy atom. The minimum absolute atomic E-state index is 0.168. The van der Waals surface area contributed by atoms with Crippen LogP contribution in [0.1, 0.15) is 49.9 Å². The fourth-order valence-corrected chi connectivity index (χ4v) is 3.72. The maximum Gasteiger partial charge on any atom is 0.326 e. The summed E-state index contributed by atoms with van der Waals surface area (Å²) in [6.07, 6.45) is 0.606. The molecule has 0 saturated carbocycles. The van der Waals surface area contributed by atoms with Crippen molar-refractivity contribution in [3.8, 4) is 0 Å². The lowest BCUT2D eigenvalue weighted by Gasteiger charge is -2.20. The first-order valence-corrected chi connectivity index (χ1v) is 8.25. The molecule has 5 heteroatoms. The van der Waals surface area contributed by atoms with E-state index in [1.165, 1.54) is 0 Å². The van der Waals surface area contributed by atoms with Gasteiger partial charge in [-0.1, -0.05) is 24.3 Å². The van der Waals surface area contributed by atoms with Crippen LogP contribution in [-0.2, 0) is 22.4 Å². The van der Waals surface area contributed by atoms with E-state index in [9.17, 15) is 14.4 Å². The van der Waals surface area contributed by atoms with Crippen LogP contribution >= 0.6 is 0 Å². The summed E-state index contributed by atoms with van der Waals surface area (Å²) < 4.78 is 5.08. The second-order valence-corrected chi connectivity index (χ2v) is 6.60. The summed E-state index contributed by atoms with van der Waals surface area (Å²) in [6, 6.07) is 10.3. The molecular weight excluding hydrogens is 318 g/mol. The summed E-state index contributed by atoms with van der Waals surface area (Å²) in [4.78, 5) is 37.7. The quantitative estimate of drug-likeness (QED) is 0.722. The normalized spacial score (nSPS) is 16.9. The topological polar surface area (TPSA) is 86.5 Å². The molecule has 0 bridgehead atoms. The molecule has 126 valence electrons. The number of ketones is 2. The Kier molecular flexibility index (Phi) is 3.37. The highest BCUT2D eigenvalue weighted by Crippen LogP contribution is 2.35. The predicted octanol–water partition coefficient (Wildman–Crippen LogP) is 1.82. The lowest BCUT2D eigenvalue weighted by molar-refractivity contribution is -0.149. The largest absolute Gasteiger partial charge is 0.465 e. The third-order valence-corrected chi connectivity index (χ3v) is 4.94. The minimum Gasteiger partial charge on any atom is -0.465 e. The Balaban J connectivity index is 1.79. The van der Waals surface area contributed by atoms with Crippen molar-refractivity contribution >= 4 is 17.5 Å². The molecule has 2 N–H and O–H groups in total. The fraction of sp³-hybridized carbons (Fsp3) is 0.250. The van der Waals surface area contributed by atoms with Crippen molar-refractivity contribution in [2.45, 2.75) is 25.3 Å². The van der Waals surface area contributed by atoms with Gasteiger partial charge in [-0.2, -0.15) is 0 Å². The Bertz CT molecular complexity index is 881. The zero-order chi connectivity index (χ0) is 17.8. The summed E-state index contributed by atoms with van der Waals surface area (Å²) in [5, 5.41) is 0. The maximum atomic E-state index is 12.8. The SMILES string of the molecule is CCOC(=O)C1(N)Cc2cc3c(cc2C1)C(=O)c1ccccc1C3=O. The van der Waals surface area contributed by atoms with Gasteiger partial charge in [0.15, 0.2) is 11.6 Å². The molecule has 0 heterocycles. The Hall–Kier alpha value is -2.79. The number of rotatable bonds is 2. The van der Waals surface area contributed by atoms with E-state index < -0.39 is 11.5 Å². The molecule has 2 aliphatic carbocycles. The monoisotopic (exact) mass is 335 g/mol. The van der Waals surface area contributed by atoms with Crippen molar-refractivity contribution in [2.75, 3.05) is 6.61 Å². The maximum absolute atomic E-state index is 12.8. The van der Waals surface area contributed by atoms with E-state index in [0.717, 1.165) is 11.1 Å². The average molecular weight is 335 g/mol. The molecule has 0 unspecified atom stereocenters. The van der Waals surface area contributed by atoms with Crippen LogP contribution in [0.25, 0.3) is 0 Å². The summed E-state index contributed by atoms with van der Waals surface area (Å²) in [5.41, 5.74) is 8.37. The highest BCUT2D eigenvalue weighted by Gasteiger charge is 2.43. The van der Waals surface area contributed by atoms with Gasteiger partial charge >= 0.3 is 5.97 Å². The van der Waals surface area contributed by atoms with Crippen molar-refractivity contribution in [1.29, 1.82) is 0 Å². The van der Waals surface area contributed by atoms with Gasteiger partial charge in [-0.05, 0) is 30.2 Å². The van der Waals surface area contributed by atoms with Crippen molar-refractivity contribution in [1.82, 2.24) is 0 Å². The van der Waals surface area contributed by atoms with Gasteiger partial charge in [0, 0.05) is 35.1 Å². The lowest BCUT2D eigenvalue weighted by Crippen LogP contribution is -2.50. The van der Waals surface area contributed by atoms with Crippen LogP contribution in [0, 0.1) is 0 Å². The molecule has 5 nitrogen and oxygen atoms in total. The summed E-state index contributed by atoms with van der Waals surface area (Å²) in [7, 11) is 0. The Morgan fingerprint density at radius 2 is 1.48 bits per heavy atom. The van der Waals surface area contributed by atoms with E-state index >= 15 is 0 Å². The summed E-state index contributed by atoms with van der Waals surface area (Å²) in [6.45, 7) is 1.99. The number of carbonyl (C=O) groups excluding carboxylic acids is 3. The van der Waals surface area contributed by atoms with Crippen LogP contribution in [-0.4, -0.2) is 29.7 Å². The first-order chi connectivity index (χ1) is 11.9. The van der Waals surface area contributed by atoms with Crippen molar-refractivity contribution in [3.63, 3.8) is 0 Å². The van der Waals surface area contributed by atoms with Gasteiger partial charge in [-0.25, -0.2) is 0 Å². The first kappa shape index (κ1) is 15.7. The highest BCUT2D eigenvalue weighted by atomic mass is 16.5. The van der Waals surface area contributed by atoms with Gasteiger partial charge in [-0.3, -0.25) is 14.4 Å². The van der Waals surface area contributed by atoms with Gasteiger partial charge in [-0.15, -0.1) is 0 Å². The van der Waals surface area contributed by atoms with E-state index in [0.29, 0.717) is 35.1 Å². The second kappa shape index (κ2) is 5.36. The predicted molar refractivity (Wildman–Crippen MR) is 90.7 cm³/mol. The first-order valence-electron chi connectivity index (χ1n) is 8.25. The zero-order valence-electron chi connectivity index (χ0n) is 13.8. The lowest BCUT2D eigenvalue weighted by atomic mass is 9.82. The zero-order valence-corrected chi connectivity index (χ0v) is 13.8. The van der Waals surface area contributed by atoms with Crippen LogP contribution in [0.15, 0.2) is 36.4 Å². The molecule has 0 aliphatic heterocycles. The highest BCUT2D eigenvalue weighted by molar-refractivity contribution is 6.28. The summed E-state index contributed by atoms with van der Waals surface area (Å²) >= 11 is 0. The number of benzene rings is 2. The Labute approximate surface area is 144 Å². The molecule has 0 saturated heterocycles. The van der Waals surface area contributed by atoms with Gasteiger partial charge < -0.3 is 10.5 Å². The van der Waals surface area contributed by atoms with Gasteiger partial charge in [0.05, 0.1) is 6.61 Å². The third-order valence-electron chi connectivity index (χ3n) is 4.94. The number of carbonyl (C=O) groups is 3. The van der Waals surface area contributed by atoms with E-state index in [-0.39, 0.29) is 18.2 Å². The number of hydrogen-bond acceptors (Lipinski definition) is 5. The molecule has 2 aliphatic rings. The van der Waals surface area contributed by atoms with Crippen LogP contribution < -0.4 is 5.73 Å². The van der Waals surface area contributed by atoms with Crippen molar-refractivity contribution in [3.05, 3.63) is 69.8 Å². The van der Waals surface area contributed by atoms with E-state index in [2.05, 4.69) is 0 Å². The summed E-state index contributed by atoms with van der Waals surface area (Å²) in [5.74, 6) is -0.789. The van der Waals surface area contributed by atoms with Crippen molar-refractivity contribution in [2.24, 2.45) is 5.73 Å². The number of nitrogens with two attached hydrogens (primary N) is 1. The molecule has 4 rings (SSSR count). The molecule has 2 aromatic carbocycles. The molecule has 0 radical (unpaired) electrons. The molecular formula is C20H17NO4. The number of fused-ring (bicyclic) bond motifs is 3. The molecule has 0 spiro atoms. The fourth-order valence-electron chi connectivity index (χ4n) is 3.72. The van der Waals surface area contributed by atoms with Gasteiger partial charge in [0.1, 0.15) is 5.54 Å². The Morgan fingerprint density at radius 3 is 1.92 bits per heavy atom. The van der Waals surface area contributed by atoms with Crippen molar-refractivity contribution < 1.29 is 19.1 Å². The van der Waals surface area contributed by atoms with Gasteiger partial charge in [0.2, 0.25) is 0 Å². The van der Waals surface area contributed by atoms with Crippen LogP contribution in [0.2, 0.25) is 0 Å². The molecule has 0 atom stereocenters. The standard InChI is InChI=1S/C20H17NO4/c1-2-25-19(24)20(21)9-11-7-15-16(8-12(11)10-20)18(23)14-6-4-3-5-13(14)17(15)22/h3-8H,2,9-10,21H2,1H3. The number of hydrogen-bond donors (Lipinski definition) is 1. The van der Waals surface area contributed by atoms with E-state index in [4.69, 9.17) is 10.5 Å². The van der Waals surface area contributed by atoms with Crippen LogP contribution in [0.5, 0.6) is 0 Å². The molecule has 25 heavy (non-hydrogen) atoms. The van der Waals surface area contributed by atoms with Gasteiger partial charge in [0.25, 0.3) is 0 Å². The van der Waals surface area contributed by atoms with Crippen LogP contribution in [0.4, 0.5) is 0 Å². The molecule has 0 amide bonds. The second-order valence-electron chi connectivity index (χ2n) is 6.60. The number of esters is 1.